The van der Waals surface area contributed by atoms with E-state index in [0.29, 0.717) is 22.1 Å². The third-order valence-electron chi connectivity index (χ3n) is 4.94. The maximum atomic E-state index is 12.8. The van der Waals surface area contributed by atoms with E-state index in [4.69, 9.17) is 11.6 Å². The van der Waals surface area contributed by atoms with Gasteiger partial charge in [-0.15, -0.1) is 0 Å². The minimum atomic E-state index is -0.427. The molecule has 1 unspecified atom stereocenters. The van der Waals surface area contributed by atoms with Crippen molar-refractivity contribution in [2.75, 3.05) is 5.32 Å². The molecule has 2 amide bonds. The Morgan fingerprint density at radius 2 is 1.81 bits per heavy atom. The van der Waals surface area contributed by atoms with Crippen molar-refractivity contribution in [2.45, 2.75) is 19.5 Å². The number of hydrogen-bond donors (Lipinski definition) is 2. The summed E-state index contributed by atoms with van der Waals surface area (Å²) in [5.41, 5.74) is 2.76. The largest absolute Gasteiger partial charge is 0.342 e. The number of carbonyl (C=O) groups is 2. The number of anilines is 1. The molecule has 32 heavy (non-hydrogen) atoms. The standard InChI is InChI=1S/C24H20BrClN4O2/c1-15(27-24(32)16-9-11-18(26)12-10-16)23-29-20-7-2-3-8-21(20)30(23)14-22(31)28-19-6-4-5-17(25)13-19/h2-13,15H,14H2,1H3,(H,27,32)(H,28,31). The van der Waals surface area contributed by atoms with Crippen molar-refractivity contribution in [3.8, 4) is 0 Å². The molecule has 0 saturated heterocycles. The van der Waals surface area contributed by atoms with Gasteiger partial charge in [-0.2, -0.15) is 0 Å². The summed E-state index contributed by atoms with van der Waals surface area (Å²) in [5, 5.41) is 6.43. The lowest BCUT2D eigenvalue weighted by Gasteiger charge is -2.16. The molecule has 0 aliphatic carbocycles. The van der Waals surface area contributed by atoms with Gasteiger partial charge in [0, 0.05) is 20.7 Å². The van der Waals surface area contributed by atoms with Crippen LogP contribution in [0.2, 0.25) is 5.02 Å². The van der Waals surface area contributed by atoms with E-state index in [-0.39, 0.29) is 18.4 Å². The topological polar surface area (TPSA) is 76.0 Å². The third kappa shape index (κ3) is 5.00. The summed E-state index contributed by atoms with van der Waals surface area (Å²) in [4.78, 5) is 30.2. The molecule has 4 rings (SSSR count). The van der Waals surface area contributed by atoms with Crippen molar-refractivity contribution in [2.24, 2.45) is 0 Å². The maximum Gasteiger partial charge on any atom is 0.251 e. The molecule has 4 aromatic rings. The van der Waals surface area contributed by atoms with E-state index in [0.717, 1.165) is 15.5 Å². The zero-order valence-corrected chi connectivity index (χ0v) is 19.5. The SMILES string of the molecule is CC(NC(=O)c1ccc(Cl)cc1)c1nc2ccccc2n1CC(=O)Nc1cccc(Br)c1. The smallest absolute Gasteiger partial charge is 0.251 e. The van der Waals surface area contributed by atoms with Gasteiger partial charge in [0.2, 0.25) is 5.91 Å². The first kappa shape index (κ1) is 22.0. The molecule has 162 valence electrons. The first-order valence-corrected chi connectivity index (χ1v) is 11.1. The van der Waals surface area contributed by atoms with Gasteiger partial charge in [0.1, 0.15) is 12.4 Å². The maximum absolute atomic E-state index is 12.8. The molecule has 6 nitrogen and oxygen atoms in total. The lowest BCUT2D eigenvalue weighted by Crippen LogP contribution is -2.30. The number of nitrogens with zero attached hydrogens (tertiary/aromatic N) is 2. The Kier molecular flexibility index (Phi) is 6.58. The highest BCUT2D eigenvalue weighted by atomic mass is 79.9. The Hall–Kier alpha value is -3.16. The van der Waals surface area contributed by atoms with Crippen LogP contribution in [0.5, 0.6) is 0 Å². The number of halogens is 2. The average molecular weight is 512 g/mol. The molecule has 3 aromatic carbocycles. The predicted octanol–water partition coefficient (Wildman–Crippen LogP) is 5.58. The average Bonchev–Trinajstić information content (AvgIpc) is 3.12. The van der Waals surface area contributed by atoms with E-state index in [1.807, 2.05) is 60.0 Å². The minimum Gasteiger partial charge on any atom is -0.342 e. The Morgan fingerprint density at radius 1 is 1.06 bits per heavy atom. The molecule has 1 atom stereocenters. The van der Waals surface area contributed by atoms with Gasteiger partial charge in [0.25, 0.3) is 5.91 Å². The van der Waals surface area contributed by atoms with Crippen LogP contribution in [0.3, 0.4) is 0 Å². The molecule has 0 saturated carbocycles. The molecule has 1 heterocycles. The van der Waals surface area contributed by atoms with Crippen molar-refractivity contribution >= 4 is 56.1 Å². The van der Waals surface area contributed by atoms with E-state index in [2.05, 4.69) is 31.5 Å². The number of para-hydroxylation sites is 2. The van der Waals surface area contributed by atoms with Crippen molar-refractivity contribution in [3.05, 3.63) is 93.7 Å². The van der Waals surface area contributed by atoms with Gasteiger partial charge in [0.15, 0.2) is 0 Å². The van der Waals surface area contributed by atoms with Gasteiger partial charge < -0.3 is 15.2 Å². The van der Waals surface area contributed by atoms with E-state index in [1.165, 1.54) is 0 Å². The second kappa shape index (κ2) is 9.54. The van der Waals surface area contributed by atoms with Crippen LogP contribution in [0.1, 0.15) is 29.1 Å². The number of nitrogens with one attached hydrogen (secondary N) is 2. The van der Waals surface area contributed by atoms with Crippen LogP contribution in [0.15, 0.2) is 77.3 Å². The fourth-order valence-electron chi connectivity index (χ4n) is 3.45. The molecule has 0 aliphatic rings. The predicted molar refractivity (Wildman–Crippen MR) is 130 cm³/mol. The number of hydrogen-bond acceptors (Lipinski definition) is 3. The lowest BCUT2D eigenvalue weighted by molar-refractivity contribution is -0.116. The number of benzene rings is 3. The first-order valence-electron chi connectivity index (χ1n) is 9.98. The van der Waals surface area contributed by atoms with Crippen LogP contribution in [0, 0.1) is 0 Å². The molecule has 0 spiro atoms. The molecule has 1 aromatic heterocycles. The highest BCUT2D eigenvalue weighted by Crippen LogP contribution is 2.22. The Labute approximate surface area is 198 Å². The molecule has 0 radical (unpaired) electrons. The summed E-state index contributed by atoms with van der Waals surface area (Å²) in [6.07, 6.45) is 0. The van der Waals surface area contributed by atoms with Crippen LogP contribution in [-0.4, -0.2) is 21.4 Å². The lowest BCUT2D eigenvalue weighted by atomic mass is 10.2. The van der Waals surface area contributed by atoms with Crippen molar-refractivity contribution in [1.82, 2.24) is 14.9 Å². The molecular formula is C24H20BrClN4O2. The van der Waals surface area contributed by atoms with Gasteiger partial charge in [0.05, 0.1) is 17.1 Å². The normalized spacial score (nSPS) is 11.8. The van der Waals surface area contributed by atoms with Crippen LogP contribution < -0.4 is 10.6 Å². The second-order valence-corrected chi connectivity index (χ2v) is 8.66. The summed E-state index contributed by atoms with van der Waals surface area (Å²) in [5.74, 6) is 0.160. The summed E-state index contributed by atoms with van der Waals surface area (Å²) < 4.78 is 2.71. The van der Waals surface area contributed by atoms with E-state index >= 15 is 0 Å². The molecular weight excluding hydrogens is 492 g/mol. The van der Waals surface area contributed by atoms with E-state index in [1.54, 1.807) is 24.3 Å². The van der Waals surface area contributed by atoms with Crippen molar-refractivity contribution < 1.29 is 9.59 Å². The summed E-state index contributed by atoms with van der Waals surface area (Å²) >= 11 is 9.32. The van der Waals surface area contributed by atoms with E-state index in [9.17, 15) is 9.59 Å². The zero-order chi connectivity index (χ0) is 22.7. The number of carbonyl (C=O) groups excluding carboxylic acids is 2. The highest BCUT2D eigenvalue weighted by molar-refractivity contribution is 9.10. The molecule has 0 aliphatic heterocycles. The summed E-state index contributed by atoms with van der Waals surface area (Å²) in [7, 11) is 0. The minimum absolute atomic E-state index is 0.0590. The highest BCUT2D eigenvalue weighted by Gasteiger charge is 2.20. The summed E-state index contributed by atoms with van der Waals surface area (Å²) in [6.45, 7) is 1.90. The van der Waals surface area contributed by atoms with Gasteiger partial charge in [-0.3, -0.25) is 9.59 Å². The van der Waals surface area contributed by atoms with Crippen LogP contribution in [0.4, 0.5) is 5.69 Å². The molecule has 0 bridgehead atoms. The van der Waals surface area contributed by atoms with Crippen LogP contribution >= 0.6 is 27.5 Å². The second-order valence-electron chi connectivity index (χ2n) is 7.31. The van der Waals surface area contributed by atoms with Crippen molar-refractivity contribution in [1.29, 1.82) is 0 Å². The Bertz CT molecular complexity index is 1290. The van der Waals surface area contributed by atoms with Crippen LogP contribution in [0.25, 0.3) is 11.0 Å². The number of fused-ring (bicyclic) bond motifs is 1. The van der Waals surface area contributed by atoms with Crippen molar-refractivity contribution in [3.63, 3.8) is 0 Å². The Balaban J connectivity index is 1.58. The number of rotatable bonds is 6. The zero-order valence-electron chi connectivity index (χ0n) is 17.2. The molecule has 0 fully saturated rings. The molecule has 8 heteroatoms. The third-order valence-corrected chi connectivity index (χ3v) is 5.68. The van der Waals surface area contributed by atoms with Gasteiger partial charge >= 0.3 is 0 Å². The first-order chi connectivity index (χ1) is 15.4. The molecule has 2 N–H and O–H groups in total. The quantitative estimate of drug-likeness (QED) is 0.355. The number of imidazole rings is 1. The van der Waals surface area contributed by atoms with Gasteiger partial charge in [-0.05, 0) is 61.5 Å². The summed E-state index contributed by atoms with van der Waals surface area (Å²) in [6, 6.07) is 21.2. The monoisotopic (exact) mass is 510 g/mol. The Morgan fingerprint density at radius 3 is 2.56 bits per heavy atom. The van der Waals surface area contributed by atoms with Crippen LogP contribution in [-0.2, 0) is 11.3 Å². The number of amides is 2. The van der Waals surface area contributed by atoms with E-state index < -0.39 is 6.04 Å². The van der Waals surface area contributed by atoms with Gasteiger partial charge in [-0.25, -0.2) is 4.98 Å². The number of aromatic nitrogens is 2. The fraction of sp³-hybridized carbons (Fsp3) is 0.125. The van der Waals surface area contributed by atoms with Gasteiger partial charge in [-0.1, -0.05) is 45.7 Å². The fourth-order valence-corrected chi connectivity index (χ4v) is 3.97.